The first-order chi connectivity index (χ1) is 9.11. The zero-order valence-electron chi connectivity index (χ0n) is 11.5. The molecule has 0 unspecified atom stereocenters. The summed E-state index contributed by atoms with van der Waals surface area (Å²) in [5.41, 5.74) is 1.04. The third-order valence-corrected chi connectivity index (χ3v) is 3.67. The fraction of sp³-hybridized carbons (Fsp3) is 0.385. The minimum Gasteiger partial charge on any atom is -0.373 e. The smallest absolute Gasteiger partial charge is 0.134 e. The maximum absolute atomic E-state index is 4.63. The van der Waals surface area contributed by atoms with Gasteiger partial charge < -0.3 is 5.32 Å². The van der Waals surface area contributed by atoms with Gasteiger partial charge in [-0.3, -0.25) is 0 Å². The SMILES string of the molecule is CNc1nc(C(C)C)nc(Sc2ccncn2)c1C. The summed E-state index contributed by atoms with van der Waals surface area (Å²) in [7, 11) is 1.87. The Hall–Kier alpha value is -1.69. The molecule has 0 spiro atoms. The Balaban J connectivity index is 2.41. The van der Waals surface area contributed by atoms with Gasteiger partial charge in [0, 0.05) is 24.7 Å². The second-order valence-electron chi connectivity index (χ2n) is 4.41. The van der Waals surface area contributed by atoms with Crippen LogP contribution >= 0.6 is 11.8 Å². The maximum Gasteiger partial charge on any atom is 0.134 e. The molecule has 2 aromatic rings. The van der Waals surface area contributed by atoms with E-state index in [4.69, 9.17) is 0 Å². The predicted octanol–water partition coefficient (Wildman–Crippen LogP) is 2.89. The summed E-state index contributed by atoms with van der Waals surface area (Å²) >= 11 is 1.53. The Morgan fingerprint density at radius 3 is 2.63 bits per heavy atom. The molecule has 0 saturated carbocycles. The third kappa shape index (κ3) is 3.20. The lowest BCUT2D eigenvalue weighted by atomic mass is 10.2. The molecule has 6 heteroatoms. The molecule has 0 fully saturated rings. The van der Waals surface area contributed by atoms with E-state index in [-0.39, 0.29) is 5.92 Å². The van der Waals surface area contributed by atoms with Gasteiger partial charge >= 0.3 is 0 Å². The van der Waals surface area contributed by atoms with Gasteiger partial charge in [-0.05, 0) is 24.8 Å². The normalized spacial score (nSPS) is 10.8. The second-order valence-corrected chi connectivity index (χ2v) is 5.42. The molecule has 19 heavy (non-hydrogen) atoms. The van der Waals surface area contributed by atoms with Crippen molar-refractivity contribution in [2.45, 2.75) is 36.7 Å². The van der Waals surface area contributed by atoms with Gasteiger partial charge in [0.15, 0.2) is 0 Å². The quantitative estimate of drug-likeness (QED) is 0.866. The van der Waals surface area contributed by atoms with Gasteiger partial charge in [-0.25, -0.2) is 19.9 Å². The van der Waals surface area contributed by atoms with Gasteiger partial charge in [-0.2, -0.15) is 0 Å². The van der Waals surface area contributed by atoms with Crippen LogP contribution in [0.1, 0.15) is 31.2 Å². The van der Waals surface area contributed by atoms with Crippen LogP contribution in [0.2, 0.25) is 0 Å². The lowest BCUT2D eigenvalue weighted by Gasteiger charge is -2.13. The van der Waals surface area contributed by atoms with Gasteiger partial charge in [-0.1, -0.05) is 13.8 Å². The molecule has 0 aliphatic heterocycles. The van der Waals surface area contributed by atoms with Crippen molar-refractivity contribution in [2.75, 3.05) is 12.4 Å². The highest BCUT2D eigenvalue weighted by atomic mass is 32.2. The lowest BCUT2D eigenvalue weighted by Crippen LogP contribution is -2.06. The predicted molar refractivity (Wildman–Crippen MR) is 76.6 cm³/mol. The largest absolute Gasteiger partial charge is 0.373 e. The van der Waals surface area contributed by atoms with Crippen LogP contribution in [-0.2, 0) is 0 Å². The Morgan fingerprint density at radius 2 is 2.05 bits per heavy atom. The van der Waals surface area contributed by atoms with E-state index in [1.807, 2.05) is 20.0 Å². The number of nitrogens with zero attached hydrogens (tertiary/aromatic N) is 4. The van der Waals surface area contributed by atoms with Crippen molar-refractivity contribution in [2.24, 2.45) is 0 Å². The summed E-state index contributed by atoms with van der Waals surface area (Å²) < 4.78 is 0. The van der Waals surface area contributed by atoms with E-state index in [1.54, 1.807) is 12.5 Å². The van der Waals surface area contributed by atoms with Crippen molar-refractivity contribution >= 4 is 17.6 Å². The monoisotopic (exact) mass is 275 g/mol. The standard InChI is InChI=1S/C13H17N5S/c1-8(2)11-17-12(14-4)9(3)13(18-11)19-10-5-6-15-7-16-10/h5-8H,1-4H3,(H,14,17,18). The van der Waals surface area contributed by atoms with Crippen LogP contribution in [0.3, 0.4) is 0 Å². The van der Waals surface area contributed by atoms with Crippen molar-refractivity contribution in [3.8, 4) is 0 Å². The van der Waals surface area contributed by atoms with Crippen molar-refractivity contribution in [3.05, 3.63) is 30.0 Å². The van der Waals surface area contributed by atoms with E-state index in [2.05, 4.69) is 39.1 Å². The van der Waals surface area contributed by atoms with Crippen LogP contribution in [0.5, 0.6) is 0 Å². The highest BCUT2D eigenvalue weighted by molar-refractivity contribution is 7.99. The number of nitrogens with one attached hydrogen (secondary N) is 1. The number of rotatable bonds is 4. The summed E-state index contributed by atoms with van der Waals surface area (Å²) in [6, 6.07) is 1.88. The Morgan fingerprint density at radius 1 is 1.26 bits per heavy atom. The number of aromatic nitrogens is 4. The van der Waals surface area contributed by atoms with Crippen LogP contribution < -0.4 is 5.32 Å². The van der Waals surface area contributed by atoms with Crippen molar-refractivity contribution in [1.82, 2.24) is 19.9 Å². The highest BCUT2D eigenvalue weighted by Gasteiger charge is 2.13. The molecule has 0 saturated heterocycles. The van der Waals surface area contributed by atoms with Gasteiger partial charge in [0.25, 0.3) is 0 Å². The van der Waals surface area contributed by atoms with Crippen molar-refractivity contribution < 1.29 is 0 Å². The van der Waals surface area contributed by atoms with Gasteiger partial charge in [-0.15, -0.1) is 0 Å². The summed E-state index contributed by atoms with van der Waals surface area (Å²) in [5.74, 6) is 2.00. The minimum absolute atomic E-state index is 0.289. The molecule has 2 aromatic heterocycles. The first-order valence-electron chi connectivity index (χ1n) is 6.12. The Labute approximate surface area is 117 Å². The lowest BCUT2D eigenvalue weighted by molar-refractivity contribution is 0.749. The summed E-state index contributed by atoms with van der Waals surface area (Å²) in [6.07, 6.45) is 3.27. The molecule has 0 radical (unpaired) electrons. The molecule has 2 heterocycles. The molecule has 100 valence electrons. The van der Waals surface area contributed by atoms with E-state index in [9.17, 15) is 0 Å². The topological polar surface area (TPSA) is 63.6 Å². The molecule has 0 aliphatic carbocycles. The molecule has 0 bridgehead atoms. The summed E-state index contributed by atoms with van der Waals surface area (Å²) in [5, 5.41) is 4.93. The highest BCUT2D eigenvalue weighted by Crippen LogP contribution is 2.30. The summed E-state index contributed by atoms with van der Waals surface area (Å²) in [4.78, 5) is 17.3. The second kappa shape index (κ2) is 5.97. The van der Waals surface area contributed by atoms with E-state index in [1.165, 1.54) is 11.8 Å². The van der Waals surface area contributed by atoms with Crippen LogP contribution in [0.25, 0.3) is 0 Å². The van der Waals surface area contributed by atoms with Crippen LogP contribution in [0, 0.1) is 6.92 Å². The number of hydrogen-bond acceptors (Lipinski definition) is 6. The number of hydrogen-bond donors (Lipinski definition) is 1. The van der Waals surface area contributed by atoms with E-state index >= 15 is 0 Å². The van der Waals surface area contributed by atoms with E-state index in [0.717, 1.165) is 27.3 Å². The Bertz CT molecular complexity index is 556. The molecule has 0 aromatic carbocycles. The molecular weight excluding hydrogens is 258 g/mol. The Kier molecular flexibility index (Phi) is 4.31. The first kappa shape index (κ1) is 13.7. The molecule has 0 atom stereocenters. The number of anilines is 1. The van der Waals surface area contributed by atoms with Crippen LogP contribution in [0.4, 0.5) is 5.82 Å². The first-order valence-corrected chi connectivity index (χ1v) is 6.93. The molecular formula is C13H17N5S. The summed E-state index contributed by atoms with van der Waals surface area (Å²) in [6.45, 7) is 6.19. The minimum atomic E-state index is 0.289. The van der Waals surface area contributed by atoms with Crippen molar-refractivity contribution in [1.29, 1.82) is 0 Å². The molecule has 0 amide bonds. The van der Waals surface area contributed by atoms with Gasteiger partial charge in [0.1, 0.15) is 28.0 Å². The molecule has 2 rings (SSSR count). The van der Waals surface area contributed by atoms with Gasteiger partial charge in [0.05, 0.1) is 0 Å². The zero-order valence-corrected chi connectivity index (χ0v) is 12.3. The average molecular weight is 275 g/mol. The average Bonchev–Trinajstić information content (AvgIpc) is 2.42. The molecule has 0 aliphatic rings. The fourth-order valence-electron chi connectivity index (χ4n) is 1.55. The fourth-order valence-corrected chi connectivity index (χ4v) is 2.37. The van der Waals surface area contributed by atoms with E-state index < -0.39 is 0 Å². The zero-order chi connectivity index (χ0) is 13.8. The van der Waals surface area contributed by atoms with Crippen LogP contribution in [-0.4, -0.2) is 27.0 Å². The third-order valence-electron chi connectivity index (χ3n) is 2.63. The van der Waals surface area contributed by atoms with E-state index in [0.29, 0.717) is 0 Å². The van der Waals surface area contributed by atoms with Gasteiger partial charge in [0.2, 0.25) is 0 Å². The molecule has 1 N–H and O–H groups in total. The maximum atomic E-state index is 4.63. The molecule has 5 nitrogen and oxygen atoms in total. The van der Waals surface area contributed by atoms with Crippen LogP contribution in [0.15, 0.2) is 28.6 Å². The van der Waals surface area contributed by atoms with Crippen molar-refractivity contribution in [3.63, 3.8) is 0 Å².